The van der Waals surface area contributed by atoms with Gasteiger partial charge in [-0.2, -0.15) is 0 Å². The van der Waals surface area contributed by atoms with Gasteiger partial charge in [-0.25, -0.2) is 4.79 Å². The predicted octanol–water partition coefficient (Wildman–Crippen LogP) is 2.98. The lowest BCUT2D eigenvalue weighted by molar-refractivity contribution is 0.187. The normalized spacial score (nSPS) is 11.6. The van der Waals surface area contributed by atoms with E-state index in [0.717, 1.165) is 16.8 Å². The summed E-state index contributed by atoms with van der Waals surface area (Å²) in [5.41, 5.74) is 9.86. The lowest BCUT2D eigenvalue weighted by atomic mass is 9.97. The molecular weight excluding hydrogens is 278 g/mol. The van der Waals surface area contributed by atoms with Gasteiger partial charge in [0.25, 0.3) is 0 Å². The minimum absolute atomic E-state index is 0.340. The molecule has 0 saturated heterocycles. The third kappa shape index (κ3) is 3.56. The van der Waals surface area contributed by atoms with Crippen LogP contribution in [0.5, 0.6) is 0 Å². The molecule has 22 heavy (non-hydrogen) atoms. The zero-order valence-electron chi connectivity index (χ0n) is 13.0. The third-order valence-corrected chi connectivity index (χ3v) is 3.47. The van der Waals surface area contributed by atoms with E-state index in [-0.39, 0.29) is 6.04 Å². The van der Waals surface area contributed by atoms with Crippen LogP contribution in [-0.2, 0) is 4.74 Å². The Bertz CT molecular complexity index is 642. The van der Waals surface area contributed by atoms with Crippen LogP contribution in [0.1, 0.15) is 17.2 Å². The second-order valence-corrected chi connectivity index (χ2v) is 5.17. The van der Waals surface area contributed by atoms with Gasteiger partial charge in [0.15, 0.2) is 0 Å². The van der Waals surface area contributed by atoms with E-state index in [4.69, 9.17) is 5.73 Å². The second-order valence-electron chi connectivity index (χ2n) is 5.17. The first-order valence-corrected chi connectivity index (χ1v) is 6.99. The van der Waals surface area contributed by atoms with Crippen LogP contribution in [0.4, 0.5) is 16.2 Å². The number of carbonyl (C=O) groups is 1. The van der Waals surface area contributed by atoms with Crippen molar-refractivity contribution in [3.8, 4) is 0 Å². The van der Waals surface area contributed by atoms with E-state index >= 15 is 0 Å². The highest BCUT2D eigenvalue weighted by molar-refractivity contribution is 5.86. The van der Waals surface area contributed by atoms with Gasteiger partial charge in [0.2, 0.25) is 0 Å². The summed E-state index contributed by atoms with van der Waals surface area (Å²) < 4.78 is 4.67. The molecule has 2 aromatic carbocycles. The van der Waals surface area contributed by atoms with Crippen molar-refractivity contribution in [3.63, 3.8) is 0 Å². The van der Waals surface area contributed by atoms with Gasteiger partial charge >= 0.3 is 6.09 Å². The monoisotopic (exact) mass is 299 g/mol. The number of nitrogens with one attached hydrogen (secondary N) is 1. The number of benzene rings is 2. The van der Waals surface area contributed by atoms with E-state index in [0.29, 0.717) is 5.69 Å². The Morgan fingerprint density at radius 2 is 1.86 bits per heavy atom. The standard InChI is InChI=1S/C17H21N3O2/c1-20(2)13-9-10-15(19-17(21)22-3)14(11-13)16(18)12-7-5-4-6-8-12/h4-11,16H,18H2,1-3H3,(H,19,21). The zero-order valence-corrected chi connectivity index (χ0v) is 13.0. The summed E-state index contributed by atoms with van der Waals surface area (Å²) in [7, 11) is 5.25. The maximum Gasteiger partial charge on any atom is 0.411 e. The van der Waals surface area contributed by atoms with E-state index in [2.05, 4.69) is 10.1 Å². The molecule has 5 heteroatoms. The average Bonchev–Trinajstić information content (AvgIpc) is 2.55. The topological polar surface area (TPSA) is 67.6 Å². The van der Waals surface area contributed by atoms with Crippen molar-refractivity contribution in [2.75, 3.05) is 31.4 Å². The van der Waals surface area contributed by atoms with Crippen molar-refractivity contribution < 1.29 is 9.53 Å². The van der Waals surface area contributed by atoms with Gasteiger partial charge in [-0.3, -0.25) is 5.32 Å². The molecule has 0 aliphatic rings. The first-order chi connectivity index (χ1) is 10.5. The highest BCUT2D eigenvalue weighted by Crippen LogP contribution is 2.30. The number of rotatable bonds is 4. The van der Waals surface area contributed by atoms with E-state index in [9.17, 15) is 4.79 Å². The Labute approximate surface area is 130 Å². The van der Waals surface area contributed by atoms with Crippen LogP contribution in [0, 0.1) is 0 Å². The highest BCUT2D eigenvalue weighted by atomic mass is 16.5. The molecule has 5 nitrogen and oxygen atoms in total. The molecule has 0 heterocycles. The van der Waals surface area contributed by atoms with Gasteiger partial charge in [0.05, 0.1) is 13.2 Å². The number of ether oxygens (including phenoxy) is 1. The molecule has 0 aromatic heterocycles. The van der Waals surface area contributed by atoms with Gasteiger partial charge in [-0.05, 0) is 29.3 Å². The minimum Gasteiger partial charge on any atom is -0.453 e. The van der Waals surface area contributed by atoms with Crippen LogP contribution >= 0.6 is 0 Å². The van der Waals surface area contributed by atoms with E-state index in [1.165, 1.54) is 7.11 Å². The van der Waals surface area contributed by atoms with E-state index < -0.39 is 6.09 Å². The molecule has 1 amide bonds. The molecule has 0 aliphatic heterocycles. The van der Waals surface area contributed by atoms with Crippen molar-refractivity contribution >= 4 is 17.5 Å². The number of carbonyl (C=O) groups excluding carboxylic acids is 1. The molecule has 0 bridgehead atoms. The summed E-state index contributed by atoms with van der Waals surface area (Å²) in [6, 6.07) is 15.2. The Morgan fingerprint density at radius 3 is 2.45 bits per heavy atom. The fraction of sp³-hybridized carbons (Fsp3) is 0.235. The molecule has 0 spiro atoms. The summed E-state index contributed by atoms with van der Waals surface area (Å²) >= 11 is 0. The SMILES string of the molecule is COC(=O)Nc1ccc(N(C)C)cc1C(N)c1ccccc1. The maximum atomic E-state index is 11.5. The van der Waals surface area contributed by atoms with Crippen molar-refractivity contribution in [2.24, 2.45) is 5.73 Å². The Kier molecular flexibility index (Phi) is 5.01. The number of anilines is 2. The summed E-state index contributed by atoms with van der Waals surface area (Å²) in [6.45, 7) is 0. The molecule has 1 atom stereocenters. The molecule has 0 fully saturated rings. The maximum absolute atomic E-state index is 11.5. The number of hydrogen-bond acceptors (Lipinski definition) is 4. The lowest BCUT2D eigenvalue weighted by Crippen LogP contribution is -2.19. The molecule has 0 radical (unpaired) electrons. The Hall–Kier alpha value is -2.53. The average molecular weight is 299 g/mol. The molecule has 2 aromatic rings. The van der Waals surface area contributed by atoms with Gasteiger partial charge in [0.1, 0.15) is 0 Å². The van der Waals surface area contributed by atoms with Gasteiger partial charge < -0.3 is 15.4 Å². The van der Waals surface area contributed by atoms with Crippen LogP contribution in [0.25, 0.3) is 0 Å². The second kappa shape index (κ2) is 6.95. The zero-order chi connectivity index (χ0) is 16.1. The summed E-state index contributed by atoms with van der Waals surface area (Å²) in [5.74, 6) is 0. The first kappa shape index (κ1) is 15.9. The molecule has 0 aliphatic carbocycles. The number of nitrogens with two attached hydrogens (primary N) is 1. The molecule has 1 unspecified atom stereocenters. The summed E-state index contributed by atoms with van der Waals surface area (Å²) in [6.07, 6.45) is -0.515. The van der Waals surface area contributed by atoms with Crippen molar-refractivity contribution in [2.45, 2.75) is 6.04 Å². The number of nitrogens with zero attached hydrogens (tertiary/aromatic N) is 1. The number of amides is 1. The molecule has 0 saturated carbocycles. The Morgan fingerprint density at radius 1 is 1.18 bits per heavy atom. The van der Waals surface area contributed by atoms with Gasteiger partial charge in [0, 0.05) is 25.5 Å². The largest absolute Gasteiger partial charge is 0.453 e. The fourth-order valence-electron chi connectivity index (χ4n) is 2.20. The van der Waals surface area contributed by atoms with Crippen LogP contribution in [0.3, 0.4) is 0 Å². The predicted molar refractivity (Wildman–Crippen MR) is 89.3 cm³/mol. The number of hydrogen-bond donors (Lipinski definition) is 2. The van der Waals surface area contributed by atoms with Gasteiger partial charge in [-0.15, -0.1) is 0 Å². The number of methoxy groups -OCH3 is 1. The van der Waals surface area contributed by atoms with Crippen LogP contribution in [0.2, 0.25) is 0 Å². The van der Waals surface area contributed by atoms with Crippen molar-refractivity contribution in [1.29, 1.82) is 0 Å². The van der Waals surface area contributed by atoms with Crippen LogP contribution in [-0.4, -0.2) is 27.3 Å². The first-order valence-electron chi connectivity index (χ1n) is 6.99. The molecule has 3 N–H and O–H groups in total. The minimum atomic E-state index is -0.515. The molecule has 2 rings (SSSR count). The quantitative estimate of drug-likeness (QED) is 0.910. The Balaban J connectivity index is 2.44. The summed E-state index contributed by atoms with van der Waals surface area (Å²) in [4.78, 5) is 13.5. The van der Waals surface area contributed by atoms with E-state index in [1.54, 1.807) is 0 Å². The van der Waals surface area contributed by atoms with E-state index in [1.807, 2.05) is 67.5 Å². The van der Waals surface area contributed by atoms with Crippen molar-refractivity contribution in [1.82, 2.24) is 0 Å². The summed E-state index contributed by atoms with van der Waals surface area (Å²) in [5, 5.41) is 2.72. The van der Waals surface area contributed by atoms with Crippen LogP contribution < -0.4 is 16.0 Å². The highest BCUT2D eigenvalue weighted by Gasteiger charge is 2.16. The lowest BCUT2D eigenvalue weighted by Gasteiger charge is -2.21. The fourth-order valence-corrected chi connectivity index (χ4v) is 2.20. The molecule has 116 valence electrons. The van der Waals surface area contributed by atoms with Crippen molar-refractivity contribution in [3.05, 3.63) is 59.7 Å². The van der Waals surface area contributed by atoms with Crippen LogP contribution in [0.15, 0.2) is 48.5 Å². The van der Waals surface area contributed by atoms with Gasteiger partial charge in [-0.1, -0.05) is 30.3 Å². The third-order valence-electron chi connectivity index (χ3n) is 3.47. The molecular formula is C17H21N3O2. The smallest absolute Gasteiger partial charge is 0.411 e.